The van der Waals surface area contributed by atoms with Gasteiger partial charge in [0.15, 0.2) is 14.2 Å². The van der Waals surface area contributed by atoms with Gasteiger partial charge in [0.05, 0.1) is 16.0 Å². The number of rotatable bonds is 5. The molecular formula is C11H14N2O2S3. The number of fused-ring (bicyclic) bond motifs is 1. The average molecular weight is 302 g/mol. The molecular weight excluding hydrogens is 288 g/mol. The van der Waals surface area contributed by atoms with Crippen LogP contribution in [0.25, 0.3) is 10.2 Å². The van der Waals surface area contributed by atoms with E-state index in [9.17, 15) is 8.42 Å². The largest absolute Gasteiger partial charge is 0.399 e. The van der Waals surface area contributed by atoms with Gasteiger partial charge in [-0.05, 0) is 18.2 Å². The van der Waals surface area contributed by atoms with Crippen molar-refractivity contribution < 1.29 is 8.42 Å². The second-order valence-corrected chi connectivity index (χ2v) is 8.64. The molecule has 0 aliphatic rings. The summed E-state index contributed by atoms with van der Waals surface area (Å²) in [5.74, 6) is 0.946. The van der Waals surface area contributed by atoms with E-state index in [0.29, 0.717) is 5.75 Å². The highest BCUT2D eigenvalue weighted by molar-refractivity contribution is 8.02. The first-order valence-electron chi connectivity index (χ1n) is 5.49. The Morgan fingerprint density at radius 1 is 1.44 bits per heavy atom. The minimum atomic E-state index is -2.89. The number of nitrogen functional groups attached to an aromatic ring is 1. The molecule has 0 saturated heterocycles. The van der Waals surface area contributed by atoms with Crippen LogP contribution in [0.4, 0.5) is 5.69 Å². The summed E-state index contributed by atoms with van der Waals surface area (Å²) in [5.41, 5.74) is 7.33. The number of sulfone groups is 1. The van der Waals surface area contributed by atoms with Gasteiger partial charge in [-0.25, -0.2) is 13.4 Å². The number of thioether (sulfide) groups is 1. The van der Waals surface area contributed by atoms with Gasteiger partial charge in [0, 0.05) is 17.2 Å². The lowest BCUT2D eigenvalue weighted by Gasteiger charge is -1.98. The van der Waals surface area contributed by atoms with Gasteiger partial charge in [-0.1, -0.05) is 18.7 Å². The molecule has 2 rings (SSSR count). The molecule has 18 heavy (non-hydrogen) atoms. The summed E-state index contributed by atoms with van der Waals surface area (Å²) in [6, 6.07) is 5.59. The highest BCUT2D eigenvalue weighted by Crippen LogP contribution is 2.30. The Bertz CT molecular complexity index is 649. The van der Waals surface area contributed by atoms with Gasteiger partial charge >= 0.3 is 0 Å². The first-order valence-corrected chi connectivity index (χ1v) is 9.12. The van der Waals surface area contributed by atoms with Gasteiger partial charge in [0.1, 0.15) is 0 Å². The summed E-state index contributed by atoms with van der Waals surface area (Å²) in [5, 5.41) is 0. The second-order valence-electron chi connectivity index (χ2n) is 3.79. The van der Waals surface area contributed by atoms with Crippen LogP contribution in [0.2, 0.25) is 0 Å². The van der Waals surface area contributed by atoms with Crippen molar-refractivity contribution in [1.82, 2.24) is 4.98 Å². The fraction of sp³-hybridized carbons (Fsp3) is 0.364. The van der Waals surface area contributed by atoms with Crippen LogP contribution in [0.3, 0.4) is 0 Å². The lowest BCUT2D eigenvalue weighted by molar-refractivity contribution is 0.599. The summed E-state index contributed by atoms with van der Waals surface area (Å²) < 4.78 is 24.6. The molecule has 7 heteroatoms. The van der Waals surface area contributed by atoms with E-state index in [1.807, 2.05) is 18.2 Å². The van der Waals surface area contributed by atoms with E-state index >= 15 is 0 Å². The van der Waals surface area contributed by atoms with E-state index in [-0.39, 0.29) is 11.5 Å². The highest BCUT2D eigenvalue weighted by Gasteiger charge is 2.09. The van der Waals surface area contributed by atoms with Gasteiger partial charge in [-0.3, -0.25) is 0 Å². The second kappa shape index (κ2) is 5.46. The van der Waals surface area contributed by atoms with E-state index in [1.54, 1.807) is 18.3 Å². The van der Waals surface area contributed by atoms with Gasteiger partial charge in [0.2, 0.25) is 0 Å². The zero-order valence-corrected chi connectivity index (χ0v) is 12.4. The number of aromatic nitrogens is 1. The molecule has 0 aliphatic heterocycles. The Balaban J connectivity index is 2.04. The van der Waals surface area contributed by atoms with Crippen LogP contribution in [0.5, 0.6) is 0 Å². The van der Waals surface area contributed by atoms with Gasteiger partial charge in [-0.2, -0.15) is 0 Å². The molecule has 2 N–H and O–H groups in total. The first kappa shape index (κ1) is 13.6. The molecule has 4 nitrogen and oxygen atoms in total. The van der Waals surface area contributed by atoms with Crippen LogP contribution >= 0.6 is 23.1 Å². The van der Waals surface area contributed by atoms with Crippen molar-refractivity contribution in [2.45, 2.75) is 11.3 Å². The third kappa shape index (κ3) is 3.37. The molecule has 1 aromatic heterocycles. The number of hydrogen-bond acceptors (Lipinski definition) is 6. The van der Waals surface area contributed by atoms with E-state index < -0.39 is 9.84 Å². The quantitative estimate of drug-likeness (QED) is 0.678. The Kier molecular flexibility index (Phi) is 4.14. The summed E-state index contributed by atoms with van der Waals surface area (Å²) in [7, 11) is -2.89. The summed E-state index contributed by atoms with van der Waals surface area (Å²) in [4.78, 5) is 4.43. The minimum Gasteiger partial charge on any atom is -0.399 e. The fourth-order valence-corrected chi connectivity index (χ4v) is 4.86. The van der Waals surface area contributed by atoms with Crippen molar-refractivity contribution in [1.29, 1.82) is 0 Å². The number of hydrogen-bond donors (Lipinski definition) is 1. The number of benzene rings is 1. The van der Waals surface area contributed by atoms with Crippen LogP contribution in [0.1, 0.15) is 6.92 Å². The third-order valence-corrected chi connectivity index (χ3v) is 6.58. The average Bonchev–Trinajstić information content (AvgIpc) is 2.70. The summed E-state index contributed by atoms with van der Waals surface area (Å²) >= 11 is 3.03. The predicted molar refractivity (Wildman–Crippen MR) is 79.1 cm³/mol. The zero-order valence-electron chi connectivity index (χ0n) is 9.92. The Hall–Kier alpha value is -0.790. The fourth-order valence-electron chi connectivity index (χ4n) is 1.38. The van der Waals surface area contributed by atoms with Crippen LogP contribution in [0, 0.1) is 0 Å². The maximum atomic E-state index is 11.4. The molecule has 0 unspecified atom stereocenters. The number of nitrogens with two attached hydrogens (primary N) is 1. The topological polar surface area (TPSA) is 73.0 Å². The van der Waals surface area contributed by atoms with Crippen LogP contribution < -0.4 is 5.73 Å². The number of nitrogens with zero attached hydrogens (tertiary/aromatic N) is 1. The monoisotopic (exact) mass is 302 g/mol. The molecule has 0 radical (unpaired) electrons. The van der Waals surface area contributed by atoms with Crippen molar-refractivity contribution in [3.05, 3.63) is 18.2 Å². The van der Waals surface area contributed by atoms with E-state index in [4.69, 9.17) is 5.73 Å². The van der Waals surface area contributed by atoms with Gasteiger partial charge in [0.25, 0.3) is 0 Å². The molecule has 0 amide bonds. The van der Waals surface area contributed by atoms with Gasteiger partial charge in [-0.15, -0.1) is 11.3 Å². The standard InChI is InChI=1S/C11H14N2O2S3/c1-2-18(14,15)6-5-16-11-13-9-4-3-8(12)7-10(9)17-11/h3-4,7H,2,5-6,12H2,1H3. The number of thiazole rings is 1. The smallest absolute Gasteiger partial charge is 0.151 e. The van der Waals surface area contributed by atoms with Crippen molar-refractivity contribution in [2.75, 3.05) is 23.0 Å². The van der Waals surface area contributed by atoms with Crippen molar-refractivity contribution in [3.63, 3.8) is 0 Å². The van der Waals surface area contributed by atoms with E-state index in [1.165, 1.54) is 11.8 Å². The molecule has 0 saturated carbocycles. The minimum absolute atomic E-state index is 0.198. The van der Waals surface area contributed by atoms with Crippen molar-refractivity contribution in [3.8, 4) is 0 Å². The summed E-state index contributed by atoms with van der Waals surface area (Å²) in [6.45, 7) is 1.67. The SMILES string of the molecule is CCS(=O)(=O)CCSc1nc2ccc(N)cc2s1. The molecule has 98 valence electrons. The van der Waals surface area contributed by atoms with E-state index in [2.05, 4.69) is 4.98 Å². The Labute approximate surface area is 115 Å². The maximum Gasteiger partial charge on any atom is 0.151 e. The summed E-state index contributed by atoms with van der Waals surface area (Å²) in [6.07, 6.45) is 0. The molecule has 0 spiro atoms. The zero-order chi connectivity index (χ0) is 13.2. The highest BCUT2D eigenvalue weighted by atomic mass is 32.2. The molecule has 1 aromatic carbocycles. The van der Waals surface area contributed by atoms with Crippen LogP contribution in [0.15, 0.2) is 22.5 Å². The lowest BCUT2D eigenvalue weighted by atomic mass is 10.3. The lowest BCUT2D eigenvalue weighted by Crippen LogP contribution is -2.10. The van der Waals surface area contributed by atoms with E-state index in [0.717, 1.165) is 20.2 Å². The molecule has 0 fully saturated rings. The van der Waals surface area contributed by atoms with Crippen molar-refractivity contribution in [2.24, 2.45) is 0 Å². The maximum absolute atomic E-state index is 11.4. The van der Waals surface area contributed by atoms with Gasteiger partial charge < -0.3 is 5.73 Å². The van der Waals surface area contributed by atoms with Crippen LogP contribution in [-0.4, -0.2) is 30.7 Å². The molecule has 2 aromatic rings. The predicted octanol–water partition coefficient (Wildman–Crippen LogP) is 2.41. The molecule has 1 heterocycles. The third-order valence-electron chi connectivity index (χ3n) is 2.45. The Morgan fingerprint density at radius 3 is 2.94 bits per heavy atom. The number of anilines is 1. The molecule has 0 aliphatic carbocycles. The molecule has 0 atom stereocenters. The first-order chi connectivity index (χ1) is 8.50. The van der Waals surface area contributed by atoms with Crippen LogP contribution in [-0.2, 0) is 9.84 Å². The van der Waals surface area contributed by atoms with Crippen molar-refractivity contribution >= 4 is 48.8 Å². The normalized spacial score (nSPS) is 12.1. The molecule has 0 bridgehead atoms. The Morgan fingerprint density at radius 2 is 2.22 bits per heavy atom.